The van der Waals surface area contributed by atoms with Crippen molar-refractivity contribution in [2.75, 3.05) is 18.0 Å². The van der Waals surface area contributed by atoms with E-state index in [2.05, 4.69) is 16.8 Å². The van der Waals surface area contributed by atoms with Gasteiger partial charge in [0.1, 0.15) is 0 Å². The molecule has 5 nitrogen and oxygen atoms in total. The van der Waals surface area contributed by atoms with Gasteiger partial charge in [-0.25, -0.2) is 4.98 Å². The highest BCUT2D eigenvalue weighted by molar-refractivity contribution is 5.59. The number of hydrogen-bond acceptors (Lipinski definition) is 4. The summed E-state index contributed by atoms with van der Waals surface area (Å²) in [5.41, 5.74) is 4.28. The van der Waals surface area contributed by atoms with E-state index in [1.54, 1.807) is 12.1 Å². The first kappa shape index (κ1) is 17.7. The highest BCUT2D eigenvalue weighted by atomic mass is 16.6. The lowest BCUT2D eigenvalue weighted by Crippen LogP contribution is -2.32. The molecule has 0 atom stereocenters. The molecule has 0 bridgehead atoms. The van der Waals surface area contributed by atoms with Crippen LogP contribution in [0.25, 0.3) is 0 Å². The Balaban J connectivity index is 1.74. The van der Waals surface area contributed by atoms with Crippen LogP contribution >= 0.6 is 0 Å². The molecule has 2 aromatic rings. The van der Waals surface area contributed by atoms with Gasteiger partial charge in [-0.3, -0.25) is 10.1 Å². The minimum atomic E-state index is -0.357. The van der Waals surface area contributed by atoms with Crippen LogP contribution in [0.3, 0.4) is 0 Å². The quantitative estimate of drug-likeness (QED) is 0.462. The SMILES string of the molecule is CC(C#Cc1ccccc1)=C1CCN(c2nc(C)ccc2[N+](=O)[O-])CC1. The van der Waals surface area contributed by atoms with Gasteiger partial charge in [0.25, 0.3) is 0 Å². The van der Waals surface area contributed by atoms with Crippen LogP contribution in [-0.2, 0) is 0 Å². The molecule has 0 spiro atoms. The topological polar surface area (TPSA) is 59.3 Å². The standard InChI is InChI=1S/C21H21N3O2/c1-16(8-10-18-6-4-3-5-7-18)19-12-14-23(15-13-19)21-20(24(25)26)11-9-17(2)22-21/h3-7,9,11H,12-15H2,1-2H3. The van der Waals surface area contributed by atoms with Crippen LogP contribution in [0.4, 0.5) is 11.5 Å². The lowest BCUT2D eigenvalue weighted by Gasteiger charge is -2.29. The lowest BCUT2D eigenvalue weighted by molar-refractivity contribution is -0.384. The highest BCUT2D eigenvalue weighted by Gasteiger charge is 2.24. The summed E-state index contributed by atoms with van der Waals surface area (Å²) in [7, 11) is 0. The third kappa shape index (κ3) is 4.09. The average molecular weight is 347 g/mol. The van der Waals surface area contributed by atoms with Crippen molar-refractivity contribution in [2.45, 2.75) is 26.7 Å². The minimum Gasteiger partial charge on any atom is -0.350 e. The summed E-state index contributed by atoms with van der Waals surface area (Å²) < 4.78 is 0. The fraction of sp³-hybridized carbons (Fsp3) is 0.286. The summed E-state index contributed by atoms with van der Waals surface area (Å²) in [4.78, 5) is 17.3. The second-order valence-electron chi connectivity index (χ2n) is 6.38. The average Bonchev–Trinajstić information content (AvgIpc) is 2.66. The number of pyridine rings is 1. The van der Waals surface area contributed by atoms with Gasteiger partial charge in [0.2, 0.25) is 5.82 Å². The molecule has 0 radical (unpaired) electrons. The van der Waals surface area contributed by atoms with Crippen LogP contribution in [0.2, 0.25) is 0 Å². The molecular formula is C21H21N3O2. The molecule has 3 rings (SSSR count). The number of piperidine rings is 1. The number of nitro groups is 1. The Bertz CT molecular complexity index is 898. The molecule has 5 heteroatoms. The summed E-state index contributed by atoms with van der Waals surface area (Å²) in [5.74, 6) is 6.92. The van der Waals surface area contributed by atoms with E-state index in [-0.39, 0.29) is 10.6 Å². The van der Waals surface area contributed by atoms with E-state index in [9.17, 15) is 10.1 Å². The molecule has 1 aromatic heterocycles. The van der Waals surface area contributed by atoms with Gasteiger partial charge < -0.3 is 4.90 Å². The summed E-state index contributed by atoms with van der Waals surface area (Å²) >= 11 is 0. The van der Waals surface area contributed by atoms with Gasteiger partial charge in [-0.15, -0.1) is 0 Å². The minimum absolute atomic E-state index is 0.0728. The number of anilines is 1. The second kappa shape index (κ2) is 7.83. The van der Waals surface area contributed by atoms with Crippen LogP contribution < -0.4 is 4.90 Å². The maximum Gasteiger partial charge on any atom is 0.311 e. The van der Waals surface area contributed by atoms with Crippen LogP contribution in [-0.4, -0.2) is 23.0 Å². The Hall–Kier alpha value is -3.13. The van der Waals surface area contributed by atoms with Crippen molar-refractivity contribution >= 4 is 11.5 Å². The van der Waals surface area contributed by atoms with Gasteiger partial charge in [-0.2, -0.15) is 0 Å². The second-order valence-corrected chi connectivity index (χ2v) is 6.38. The van der Waals surface area contributed by atoms with Crippen molar-refractivity contribution in [1.82, 2.24) is 4.98 Å². The number of hydrogen-bond donors (Lipinski definition) is 0. The summed E-state index contributed by atoms with van der Waals surface area (Å²) in [6.45, 7) is 5.34. The van der Waals surface area contributed by atoms with Crippen LogP contribution in [0.15, 0.2) is 53.6 Å². The van der Waals surface area contributed by atoms with Crippen molar-refractivity contribution in [2.24, 2.45) is 0 Å². The lowest BCUT2D eigenvalue weighted by atomic mass is 9.98. The molecule has 1 saturated heterocycles. The molecule has 1 aliphatic heterocycles. The Morgan fingerprint density at radius 3 is 2.50 bits per heavy atom. The van der Waals surface area contributed by atoms with Crippen LogP contribution in [0.1, 0.15) is 31.0 Å². The van der Waals surface area contributed by atoms with Gasteiger partial charge >= 0.3 is 5.69 Å². The molecule has 0 saturated carbocycles. The molecule has 0 N–H and O–H groups in total. The number of aryl methyl sites for hydroxylation is 1. The third-order valence-corrected chi connectivity index (χ3v) is 4.56. The first-order valence-corrected chi connectivity index (χ1v) is 8.67. The predicted molar refractivity (Wildman–Crippen MR) is 103 cm³/mol. The van der Waals surface area contributed by atoms with E-state index >= 15 is 0 Å². The van der Waals surface area contributed by atoms with E-state index in [1.165, 1.54) is 5.57 Å². The van der Waals surface area contributed by atoms with Crippen molar-refractivity contribution in [1.29, 1.82) is 0 Å². The van der Waals surface area contributed by atoms with E-state index < -0.39 is 0 Å². The summed E-state index contributed by atoms with van der Waals surface area (Å²) in [6.07, 6.45) is 1.70. The van der Waals surface area contributed by atoms with Crippen molar-refractivity contribution < 1.29 is 4.92 Å². The molecule has 1 fully saturated rings. The van der Waals surface area contributed by atoms with Crippen molar-refractivity contribution in [3.05, 3.63) is 75.0 Å². The Morgan fingerprint density at radius 1 is 1.15 bits per heavy atom. The Kier molecular flexibility index (Phi) is 5.33. The fourth-order valence-corrected chi connectivity index (χ4v) is 3.05. The predicted octanol–water partition coefficient (Wildman–Crippen LogP) is 4.27. The summed E-state index contributed by atoms with van der Waals surface area (Å²) in [6, 6.07) is 13.1. The molecule has 26 heavy (non-hydrogen) atoms. The Labute approximate surface area is 153 Å². The number of allylic oxidation sites excluding steroid dienone is 1. The van der Waals surface area contributed by atoms with E-state index in [0.29, 0.717) is 5.82 Å². The third-order valence-electron chi connectivity index (χ3n) is 4.56. The zero-order valence-electron chi connectivity index (χ0n) is 15.0. The molecule has 1 aromatic carbocycles. The van der Waals surface area contributed by atoms with Crippen molar-refractivity contribution in [3.63, 3.8) is 0 Å². The zero-order valence-corrected chi connectivity index (χ0v) is 15.0. The number of nitrogens with zero attached hydrogens (tertiary/aromatic N) is 3. The maximum absolute atomic E-state index is 11.3. The van der Waals surface area contributed by atoms with Crippen LogP contribution in [0.5, 0.6) is 0 Å². The monoisotopic (exact) mass is 347 g/mol. The largest absolute Gasteiger partial charge is 0.350 e. The smallest absolute Gasteiger partial charge is 0.311 e. The molecule has 2 heterocycles. The van der Waals surface area contributed by atoms with E-state index in [0.717, 1.165) is 42.8 Å². The first-order chi connectivity index (χ1) is 12.5. The van der Waals surface area contributed by atoms with Gasteiger partial charge in [0, 0.05) is 30.4 Å². The highest BCUT2D eigenvalue weighted by Crippen LogP contribution is 2.30. The van der Waals surface area contributed by atoms with Gasteiger partial charge in [0.05, 0.1) is 4.92 Å². The molecule has 132 valence electrons. The zero-order chi connectivity index (χ0) is 18.5. The molecule has 1 aliphatic rings. The molecular weight excluding hydrogens is 326 g/mol. The molecule has 0 unspecified atom stereocenters. The maximum atomic E-state index is 11.3. The van der Waals surface area contributed by atoms with Gasteiger partial charge in [0.15, 0.2) is 0 Å². The van der Waals surface area contributed by atoms with Gasteiger partial charge in [-0.05, 0) is 50.5 Å². The number of benzene rings is 1. The van der Waals surface area contributed by atoms with Gasteiger partial charge in [-0.1, -0.05) is 35.6 Å². The number of aromatic nitrogens is 1. The Morgan fingerprint density at radius 2 is 1.85 bits per heavy atom. The van der Waals surface area contributed by atoms with Crippen LogP contribution in [0, 0.1) is 28.9 Å². The molecule has 0 amide bonds. The van der Waals surface area contributed by atoms with E-state index in [4.69, 9.17) is 0 Å². The first-order valence-electron chi connectivity index (χ1n) is 8.67. The fourth-order valence-electron chi connectivity index (χ4n) is 3.05. The number of rotatable bonds is 2. The normalized spacial score (nSPS) is 13.8. The van der Waals surface area contributed by atoms with E-state index in [1.807, 2.05) is 49.1 Å². The molecule has 0 aliphatic carbocycles. The van der Waals surface area contributed by atoms with Crippen molar-refractivity contribution in [3.8, 4) is 11.8 Å². The summed E-state index contributed by atoms with van der Waals surface area (Å²) in [5, 5.41) is 11.3.